The highest BCUT2D eigenvalue weighted by Gasteiger charge is 2.03. The quantitative estimate of drug-likeness (QED) is 0.767. The smallest absolute Gasteiger partial charge is 0.124 e. The average Bonchev–Trinajstić information content (AvgIpc) is 2.49. The molecule has 2 rings (SSSR count). The largest absolute Gasteiger partial charge is 0.507 e. The summed E-state index contributed by atoms with van der Waals surface area (Å²) in [7, 11) is 0. The Balaban J connectivity index is 2.55. The van der Waals surface area contributed by atoms with E-state index >= 15 is 0 Å². The molecule has 0 aliphatic carbocycles. The summed E-state index contributed by atoms with van der Waals surface area (Å²) in [5.41, 5.74) is 5.46. The van der Waals surface area contributed by atoms with Crippen LogP contribution in [0.2, 0.25) is 0 Å². The van der Waals surface area contributed by atoms with Crippen LogP contribution in [0.1, 0.15) is 4.88 Å². The normalized spacial score (nSPS) is 10.8. The maximum atomic E-state index is 9.53. The molecule has 0 atom stereocenters. The lowest BCUT2D eigenvalue weighted by atomic mass is 10.2. The van der Waals surface area contributed by atoms with E-state index in [1.165, 1.54) is 4.88 Å². The van der Waals surface area contributed by atoms with E-state index < -0.39 is 0 Å². The molecular formula is C10H11NOS. The van der Waals surface area contributed by atoms with Crippen LogP contribution in [0.4, 0.5) is 0 Å². The van der Waals surface area contributed by atoms with E-state index in [1.807, 2.05) is 18.2 Å². The molecule has 0 unspecified atom stereocenters. The molecule has 13 heavy (non-hydrogen) atoms. The van der Waals surface area contributed by atoms with Crippen molar-refractivity contribution in [3.05, 3.63) is 29.1 Å². The minimum absolute atomic E-state index is 0.358. The lowest BCUT2D eigenvalue weighted by molar-refractivity contribution is 0.482. The Morgan fingerprint density at radius 2 is 2.23 bits per heavy atom. The topological polar surface area (TPSA) is 46.2 Å². The van der Waals surface area contributed by atoms with Crippen molar-refractivity contribution in [1.29, 1.82) is 0 Å². The molecule has 0 saturated carbocycles. The van der Waals surface area contributed by atoms with Gasteiger partial charge in [-0.05, 0) is 31.2 Å². The van der Waals surface area contributed by atoms with Crippen molar-refractivity contribution in [1.82, 2.24) is 0 Å². The van der Waals surface area contributed by atoms with Crippen molar-refractivity contribution >= 4 is 21.4 Å². The predicted molar refractivity (Wildman–Crippen MR) is 56.2 cm³/mol. The Bertz CT molecular complexity index is 422. The summed E-state index contributed by atoms with van der Waals surface area (Å²) in [5.74, 6) is 0.358. The molecule has 0 aliphatic rings. The van der Waals surface area contributed by atoms with Crippen LogP contribution in [0.5, 0.6) is 5.75 Å². The highest BCUT2D eigenvalue weighted by Crippen LogP contribution is 2.31. The van der Waals surface area contributed by atoms with Crippen LogP contribution in [0.3, 0.4) is 0 Å². The van der Waals surface area contributed by atoms with Gasteiger partial charge in [0.25, 0.3) is 0 Å². The first-order chi connectivity index (χ1) is 6.31. The number of rotatable bonds is 2. The zero-order chi connectivity index (χ0) is 9.26. The van der Waals surface area contributed by atoms with Crippen molar-refractivity contribution in [2.24, 2.45) is 5.73 Å². The summed E-state index contributed by atoms with van der Waals surface area (Å²) >= 11 is 1.70. The van der Waals surface area contributed by atoms with E-state index in [1.54, 1.807) is 17.4 Å². The molecule has 2 aromatic rings. The fourth-order valence-electron chi connectivity index (χ4n) is 1.36. The highest BCUT2D eigenvalue weighted by molar-refractivity contribution is 7.19. The van der Waals surface area contributed by atoms with Gasteiger partial charge in [0.05, 0.1) is 0 Å². The lowest BCUT2D eigenvalue weighted by Gasteiger charge is -1.90. The molecule has 3 N–H and O–H groups in total. The van der Waals surface area contributed by atoms with E-state index in [-0.39, 0.29) is 0 Å². The summed E-state index contributed by atoms with van der Waals surface area (Å²) in [4.78, 5) is 1.24. The van der Waals surface area contributed by atoms with Gasteiger partial charge >= 0.3 is 0 Å². The molecule has 0 radical (unpaired) electrons. The minimum atomic E-state index is 0.358. The molecule has 0 amide bonds. The van der Waals surface area contributed by atoms with E-state index in [2.05, 4.69) is 0 Å². The fourth-order valence-corrected chi connectivity index (χ4v) is 2.46. The van der Waals surface area contributed by atoms with Crippen molar-refractivity contribution in [3.8, 4) is 5.75 Å². The average molecular weight is 193 g/mol. The van der Waals surface area contributed by atoms with Gasteiger partial charge < -0.3 is 10.8 Å². The Morgan fingerprint density at radius 1 is 1.38 bits per heavy atom. The van der Waals surface area contributed by atoms with E-state index in [0.29, 0.717) is 12.3 Å². The monoisotopic (exact) mass is 193 g/mol. The van der Waals surface area contributed by atoms with Gasteiger partial charge in [0, 0.05) is 15.0 Å². The maximum Gasteiger partial charge on any atom is 0.124 e. The Labute approximate surface area is 80.6 Å². The molecule has 68 valence electrons. The summed E-state index contributed by atoms with van der Waals surface area (Å²) in [5, 5.41) is 10.5. The van der Waals surface area contributed by atoms with Gasteiger partial charge in [-0.15, -0.1) is 11.3 Å². The van der Waals surface area contributed by atoms with Crippen LogP contribution in [-0.2, 0) is 6.42 Å². The Kier molecular flexibility index (Phi) is 2.20. The zero-order valence-corrected chi connectivity index (χ0v) is 7.97. The summed E-state index contributed by atoms with van der Waals surface area (Å²) in [6, 6.07) is 7.60. The molecule has 2 nitrogen and oxygen atoms in total. The lowest BCUT2D eigenvalue weighted by Crippen LogP contribution is -2.00. The first-order valence-corrected chi connectivity index (χ1v) is 5.03. The van der Waals surface area contributed by atoms with Gasteiger partial charge in [0.1, 0.15) is 5.75 Å². The predicted octanol–water partition coefficient (Wildman–Crippen LogP) is 2.11. The maximum absolute atomic E-state index is 9.53. The molecule has 1 heterocycles. The van der Waals surface area contributed by atoms with Crippen LogP contribution in [0.15, 0.2) is 24.3 Å². The van der Waals surface area contributed by atoms with E-state index in [9.17, 15) is 5.11 Å². The second-order valence-corrected chi connectivity index (χ2v) is 4.11. The SMILES string of the molecule is NCCc1cc2c(O)cccc2s1. The molecule has 1 aromatic heterocycles. The number of nitrogens with two attached hydrogens (primary N) is 1. The van der Waals surface area contributed by atoms with Crippen LogP contribution >= 0.6 is 11.3 Å². The van der Waals surface area contributed by atoms with E-state index in [0.717, 1.165) is 16.5 Å². The molecule has 0 saturated heterocycles. The van der Waals surface area contributed by atoms with Gasteiger partial charge in [0.2, 0.25) is 0 Å². The molecule has 0 aliphatic heterocycles. The Morgan fingerprint density at radius 3 is 2.92 bits per heavy atom. The number of benzene rings is 1. The first kappa shape index (κ1) is 8.53. The highest BCUT2D eigenvalue weighted by atomic mass is 32.1. The molecule has 3 heteroatoms. The van der Waals surface area contributed by atoms with Crippen molar-refractivity contribution in [2.45, 2.75) is 6.42 Å². The van der Waals surface area contributed by atoms with Gasteiger partial charge in [0.15, 0.2) is 0 Å². The molecule has 0 fully saturated rings. The van der Waals surface area contributed by atoms with Gasteiger partial charge in [-0.25, -0.2) is 0 Å². The zero-order valence-electron chi connectivity index (χ0n) is 7.16. The minimum Gasteiger partial charge on any atom is -0.507 e. The van der Waals surface area contributed by atoms with Crippen LogP contribution in [0, 0.1) is 0 Å². The second kappa shape index (κ2) is 3.36. The third-order valence-corrected chi connectivity index (χ3v) is 3.14. The Hall–Kier alpha value is -1.06. The van der Waals surface area contributed by atoms with Crippen LogP contribution in [0.25, 0.3) is 10.1 Å². The third-order valence-electron chi connectivity index (χ3n) is 1.98. The third kappa shape index (κ3) is 1.53. The summed E-state index contributed by atoms with van der Waals surface area (Å²) in [6.07, 6.45) is 0.888. The van der Waals surface area contributed by atoms with Crippen LogP contribution < -0.4 is 5.73 Å². The number of hydrogen-bond donors (Lipinski definition) is 2. The van der Waals surface area contributed by atoms with Gasteiger partial charge in [-0.3, -0.25) is 0 Å². The number of thiophene rings is 1. The molecule has 0 bridgehead atoms. The first-order valence-electron chi connectivity index (χ1n) is 4.22. The van der Waals surface area contributed by atoms with E-state index in [4.69, 9.17) is 5.73 Å². The molecule has 0 spiro atoms. The van der Waals surface area contributed by atoms with Crippen molar-refractivity contribution < 1.29 is 5.11 Å². The summed E-state index contributed by atoms with van der Waals surface area (Å²) in [6.45, 7) is 0.660. The second-order valence-electron chi connectivity index (χ2n) is 2.94. The van der Waals surface area contributed by atoms with Crippen LogP contribution in [-0.4, -0.2) is 11.7 Å². The number of fused-ring (bicyclic) bond motifs is 1. The van der Waals surface area contributed by atoms with Gasteiger partial charge in [-0.2, -0.15) is 0 Å². The number of hydrogen-bond acceptors (Lipinski definition) is 3. The summed E-state index contributed by atoms with van der Waals surface area (Å²) < 4.78 is 1.13. The standard InChI is InChI=1S/C10H11NOS/c11-5-4-7-6-8-9(12)2-1-3-10(8)13-7/h1-3,6,12H,4-5,11H2. The van der Waals surface area contributed by atoms with Crippen molar-refractivity contribution in [3.63, 3.8) is 0 Å². The molecular weight excluding hydrogens is 182 g/mol. The fraction of sp³-hybridized carbons (Fsp3) is 0.200. The van der Waals surface area contributed by atoms with Crippen molar-refractivity contribution in [2.75, 3.05) is 6.54 Å². The number of phenols is 1. The number of aromatic hydroxyl groups is 1. The number of phenolic OH excluding ortho intramolecular Hbond substituents is 1. The van der Waals surface area contributed by atoms with Gasteiger partial charge in [-0.1, -0.05) is 6.07 Å². The molecule has 1 aromatic carbocycles.